The van der Waals surface area contributed by atoms with E-state index in [1.165, 1.54) is 6.07 Å². The third kappa shape index (κ3) is 4.95. The third-order valence-electron chi connectivity index (χ3n) is 3.91. The molecule has 0 atom stereocenters. The van der Waals surface area contributed by atoms with Crippen LogP contribution in [0.25, 0.3) is 10.9 Å². The summed E-state index contributed by atoms with van der Waals surface area (Å²) in [5.41, 5.74) is 8.32. The van der Waals surface area contributed by atoms with Gasteiger partial charge in [0.15, 0.2) is 0 Å². The number of pyridine rings is 1. The number of nitrogens with zero attached hydrogens (tertiary/aromatic N) is 2. The van der Waals surface area contributed by atoms with Gasteiger partial charge in [0.05, 0.1) is 21.0 Å². The van der Waals surface area contributed by atoms with Crippen molar-refractivity contribution in [2.75, 3.05) is 5.73 Å². The van der Waals surface area contributed by atoms with E-state index in [4.69, 9.17) is 22.4 Å². The summed E-state index contributed by atoms with van der Waals surface area (Å²) >= 11 is 5.49. The van der Waals surface area contributed by atoms with E-state index in [2.05, 4.69) is 25.8 Å². The Labute approximate surface area is 166 Å². The number of nitro groups is 1. The zero-order chi connectivity index (χ0) is 21.1. The number of nitro benzene ring substituents is 1. The van der Waals surface area contributed by atoms with Gasteiger partial charge in [0.2, 0.25) is 0 Å². The Morgan fingerprint density at radius 2 is 1.82 bits per heavy atom. The van der Waals surface area contributed by atoms with Crippen LogP contribution in [0.4, 0.5) is 11.4 Å². The molecule has 0 radical (unpaired) electrons. The normalized spacial score (nSPS) is 10.9. The Hall–Kier alpha value is -3.19. The van der Waals surface area contributed by atoms with Crippen molar-refractivity contribution in [3.63, 3.8) is 0 Å². The third-order valence-corrected chi connectivity index (χ3v) is 4.24. The van der Waals surface area contributed by atoms with E-state index in [-0.39, 0.29) is 21.7 Å². The summed E-state index contributed by atoms with van der Waals surface area (Å²) in [6, 6.07) is 13.2. The summed E-state index contributed by atoms with van der Waals surface area (Å²) in [5, 5.41) is 19.8. The molecule has 0 aliphatic carbocycles. The van der Waals surface area contributed by atoms with Crippen molar-refractivity contribution in [2.24, 2.45) is 0 Å². The number of rotatable bonds is 2. The van der Waals surface area contributed by atoms with Gasteiger partial charge in [-0.25, -0.2) is 4.79 Å². The van der Waals surface area contributed by atoms with E-state index in [0.717, 1.165) is 34.4 Å². The fourth-order valence-corrected chi connectivity index (χ4v) is 2.58. The van der Waals surface area contributed by atoms with Crippen molar-refractivity contribution in [1.82, 2.24) is 4.98 Å². The predicted octanol–water partition coefficient (Wildman–Crippen LogP) is 5.06. The number of aromatic carboxylic acids is 1. The molecule has 0 unspecified atom stereocenters. The van der Waals surface area contributed by atoms with Crippen LogP contribution in [0.1, 0.15) is 36.8 Å². The molecule has 0 aliphatic heterocycles. The average molecular weight is 402 g/mol. The van der Waals surface area contributed by atoms with E-state index in [1.54, 1.807) is 0 Å². The Balaban J connectivity index is 0.000000203. The second kappa shape index (κ2) is 8.22. The molecule has 28 heavy (non-hydrogen) atoms. The highest BCUT2D eigenvalue weighted by Gasteiger charge is 2.17. The molecule has 2 aromatic carbocycles. The molecule has 7 nitrogen and oxygen atoms in total. The molecule has 0 spiro atoms. The number of anilines is 1. The molecule has 1 heterocycles. The van der Waals surface area contributed by atoms with Gasteiger partial charge < -0.3 is 10.8 Å². The molecule has 146 valence electrons. The minimum atomic E-state index is -1.28. The molecule has 0 amide bonds. The van der Waals surface area contributed by atoms with E-state index >= 15 is 0 Å². The van der Waals surface area contributed by atoms with Gasteiger partial charge in [-0.05, 0) is 18.2 Å². The summed E-state index contributed by atoms with van der Waals surface area (Å²) in [7, 11) is 0. The number of aromatic nitrogens is 1. The van der Waals surface area contributed by atoms with Gasteiger partial charge in [0.1, 0.15) is 0 Å². The minimum absolute atomic E-state index is 0.0156. The molecule has 0 fully saturated rings. The number of fused-ring (bicyclic) bond motifs is 1. The molecule has 0 bridgehead atoms. The standard InChI is InChI=1S/C13H16N2.C7H4ClNO4/c1-13(2,3)12-8-10(14)9-6-4-5-7-11(9)15-12;8-6-2-1-4(9(12)13)3-5(6)7(10)11/h4-8H,1-3H3,(H2,14,15);1-3H,(H,10,11). The van der Waals surface area contributed by atoms with Crippen molar-refractivity contribution < 1.29 is 14.8 Å². The second-order valence-electron chi connectivity index (χ2n) is 7.09. The van der Waals surface area contributed by atoms with Crippen molar-refractivity contribution in [3.05, 3.63) is 74.9 Å². The van der Waals surface area contributed by atoms with Gasteiger partial charge in [-0.3, -0.25) is 15.1 Å². The molecule has 3 aromatic rings. The topological polar surface area (TPSA) is 119 Å². The van der Waals surface area contributed by atoms with Gasteiger partial charge >= 0.3 is 5.97 Å². The fraction of sp³-hybridized carbons (Fsp3) is 0.200. The molecule has 3 N–H and O–H groups in total. The number of hydrogen-bond acceptors (Lipinski definition) is 5. The van der Waals surface area contributed by atoms with Gasteiger partial charge in [0.25, 0.3) is 5.69 Å². The average Bonchev–Trinajstić information content (AvgIpc) is 2.61. The first-order valence-electron chi connectivity index (χ1n) is 8.33. The monoisotopic (exact) mass is 401 g/mol. The number of carboxylic acid groups (broad SMARTS) is 1. The SMILES string of the molecule is CC(C)(C)c1cc(N)c2ccccc2n1.O=C(O)c1cc([N+](=O)[O-])ccc1Cl. The van der Waals surface area contributed by atoms with Crippen LogP contribution in [0, 0.1) is 10.1 Å². The Kier molecular flexibility index (Phi) is 6.20. The molecule has 8 heteroatoms. The van der Waals surface area contributed by atoms with E-state index in [9.17, 15) is 14.9 Å². The van der Waals surface area contributed by atoms with E-state index < -0.39 is 10.9 Å². The van der Waals surface area contributed by atoms with Crippen LogP contribution in [-0.2, 0) is 5.41 Å². The molecule has 0 saturated carbocycles. The van der Waals surface area contributed by atoms with Gasteiger partial charge in [-0.1, -0.05) is 50.6 Å². The maximum atomic E-state index is 10.5. The largest absolute Gasteiger partial charge is 0.478 e. The number of para-hydroxylation sites is 1. The number of nitrogen functional groups attached to an aromatic ring is 1. The summed E-state index contributed by atoms with van der Waals surface area (Å²) < 4.78 is 0. The van der Waals surface area contributed by atoms with Crippen LogP contribution in [-0.4, -0.2) is 21.0 Å². The zero-order valence-corrected chi connectivity index (χ0v) is 16.4. The number of non-ortho nitro benzene ring substituents is 1. The number of nitrogens with two attached hydrogens (primary N) is 1. The highest BCUT2D eigenvalue weighted by molar-refractivity contribution is 6.33. The van der Waals surface area contributed by atoms with Crippen molar-refractivity contribution in [1.29, 1.82) is 0 Å². The Morgan fingerprint density at radius 3 is 2.39 bits per heavy atom. The second-order valence-corrected chi connectivity index (χ2v) is 7.50. The quantitative estimate of drug-likeness (QED) is 0.457. The Bertz CT molecular complexity index is 1050. The summed E-state index contributed by atoms with van der Waals surface area (Å²) in [4.78, 5) is 24.7. The smallest absolute Gasteiger partial charge is 0.337 e. The van der Waals surface area contributed by atoms with Crippen LogP contribution in [0.2, 0.25) is 5.02 Å². The first-order valence-corrected chi connectivity index (χ1v) is 8.71. The molecule has 0 saturated heterocycles. The maximum absolute atomic E-state index is 10.5. The summed E-state index contributed by atoms with van der Waals surface area (Å²) in [6.07, 6.45) is 0. The van der Waals surface area contributed by atoms with Crippen molar-refractivity contribution >= 4 is 39.8 Å². The van der Waals surface area contributed by atoms with Gasteiger partial charge in [-0.2, -0.15) is 0 Å². The lowest BCUT2D eigenvalue weighted by atomic mass is 9.91. The number of carboxylic acids is 1. The predicted molar refractivity (Wildman–Crippen MR) is 110 cm³/mol. The molecule has 3 rings (SSSR count). The van der Waals surface area contributed by atoms with Crippen LogP contribution in [0.5, 0.6) is 0 Å². The zero-order valence-electron chi connectivity index (χ0n) is 15.6. The first kappa shape index (κ1) is 21.1. The number of hydrogen-bond donors (Lipinski definition) is 2. The number of carbonyl (C=O) groups is 1. The minimum Gasteiger partial charge on any atom is -0.478 e. The van der Waals surface area contributed by atoms with Gasteiger partial charge in [0, 0.05) is 34.3 Å². The first-order chi connectivity index (χ1) is 13.0. The highest BCUT2D eigenvalue weighted by atomic mass is 35.5. The highest BCUT2D eigenvalue weighted by Crippen LogP contribution is 2.27. The van der Waals surface area contributed by atoms with Crippen LogP contribution >= 0.6 is 11.6 Å². The summed E-state index contributed by atoms with van der Waals surface area (Å²) in [6.45, 7) is 6.43. The maximum Gasteiger partial charge on any atom is 0.337 e. The lowest BCUT2D eigenvalue weighted by molar-refractivity contribution is -0.384. The number of benzene rings is 2. The van der Waals surface area contributed by atoms with E-state index in [1.807, 2.05) is 30.3 Å². The van der Waals surface area contributed by atoms with Crippen molar-refractivity contribution in [3.8, 4) is 0 Å². The lowest BCUT2D eigenvalue weighted by Gasteiger charge is -2.18. The number of halogens is 1. The van der Waals surface area contributed by atoms with E-state index in [0.29, 0.717) is 0 Å². The Morgan fingerprint density at radius 1 is 1.18 bits per heavy atom. The molecular formula is C20H20ClN3O4. The molecular weight excluding hydrogens is 382 g/mol. The van der Waals surface area contributed by atoms with Gasteiger partial charge in [-0.15, -0.1) is 0 Å². The molecule has 1 aromatic heterocycles. The van der Waals surface area contributed by atoms with Crippen molar-refractivity contribution in [2.45, 2.75) is 26.2 Å². The van der Waals surface area contributed by atoms with Crippen LogP contribution in [0.15, 0.2) is 48.5 Å². The molecule has 0 aliphatic rings. The summed E-state index contributed by atoms with van der Waals surface area (Å²) in [5.74, 6) is -1.28. The lowest BCUT2D eigenvalue weighted by Crippen LogP contribution is -2.14. The fourth-order valence-electron chi connectivity index (χ4n) is 2.38. The van der Waals surface area contributed by atoms with Crippen LogP contribution in [0.3, 0.4) is 0 Å². The van der Waals surface area contributed by atoms with Crippen LogP contribution < -0.4 is 5.73 Å².